The quantitative estimate of drug-likeness (QED) is 0.214. The lowest BCUT2D eigenvalue weighted by molar-refractivity contribution is -0.125. The van der Waals surface area contributed by atoms with Gasteiger partial charge in [0, 0.05) is 55.3 Å². The molecular weight excluding hydrogens is 605 g/mol. The minimum Gasteiger partial charge on any atom is -0.461 e. The van der Waals surface area contributed by atoms with Crippen molar-refractivity contribution < 1.29 is 13.9 Å². The molecule has 11 heteroatoms. The van der Waals surface area contributed by atoms with Crippen LogP contribution in [-0.2, 0) is 4.79 Å². The maximum absolute atomic E-state index is 16.6. The first-order valence-electron chi connectivity index (χ1n) is 15.7. The van der Waals surface area contributed by atoms with Crippen molar-refractivity contribution in [2.75, 3.05) is 44.7 Å². The van der Waals surface area contributed by atoms with E-state index in [1.54, 1.807) is 23.2 Å². The molecule has 0 spiro atoms. The lowest BCUT2D eigenvalue weighted by Gasteiger charge is -2.31. The summed E-state index contributed by atoms with van der Waals surface area (Å²) in [7, 11) is 1.92. The van der Waals surface area contributed by atoms with Crippen LogP contribution >= 0.6 is 11.6 Å². The van der Waals surface area contributed by atoms with Gasteiger partial charge >= 0.3 is 6.01 Å². The summed E-state index contributed by atoms with van der Waals surface area (Å²) in [6, 6.07) is 13.1. The van der Waals surface area contributed by atoms with Crippen molar-refractivity contribution in [2.24, 2.45) is 0 Å². The van der Waals surface area contributed by atoms with Gasteiger partial charge in [-0.25, -0.2) is 4.39 Å². The number of nitriles is 1. The molecule has 0 N–H and O–H groups in total. The number of hydrogen-bond acceptors (Lipinski definition) is 8. The van der Waals surface area contributed by atoms with Crippen molar-refractivity contribution in [3.05, 3.63) is 66.1 Å². The lowest BCUT2D eigenvalue weighted by atomic mass is 9.95. The van der Waals surface area contributed by atoms with Crippen molar-refractivity contribution in [2.45, 2.75) is 50.6 Å². The van der Waals surface area contributed by atoms with Crippen LogP contribution in [0.3, 0.4) is 0 Å². The van der Waals surface area contributed by atoms with Gasteiger partial charge in [-0.1, -0.05) is 48.5 Å². The smallest absolute Gasteiger partial charge is 0.319 e. The Morgan fingerprint density at radius 2 is 1.93 bits per heavy atom. The summed E-state index contributed by atoms with van der Waals surface area (Å²) in [6.07, 6.45) is 8.17. The Morgan fingerprint density at radius 1 is 1.22 bits per heavy atom. The third-order valence-corrected chi connectivity index (χ3v) is 9.88. The first-order valence-corrected chi connectivity index (χ1v) is 16.0. The molecule has 3 aliphatic rings. The Bertz CT molecular complexity index is 1830. The molecule has 5 heterocycles. The van der Waals surface area contributed by atoms with Gasteiger partial charge in [0.25, 0.3) is 0 Å². The van der Waals surface area contributed by atoms with Gasteiger partial charge < -0.3 is 14.5 Å². The number of fused-ring (bicyclic) bond motifs is 3. The van der Waals surface area contributed by atoms with Crippen LogP contribution in [0.2, 0.25) is 5.02 Å². The first-order chi connectivity index (χ1) is 22.3. The maximum Gasteiger partial charge on any atom is 0.319 e. The molecule has 3 fully saturated rings. The molecule has 46 heavy (non-hydrogen) atoms. The van der Waals surface area contributed by atoms with Gasteiger partial charge in [0.2, 0.25) is 5.91 Å². The van der Waals surface area contributed by atoms with Crippen molar-refractivity contribution >= 4 is 45.0 Å². The van der Waals surface area contributed by atoms with E-state index in [1.807, 2.05) is 42.3 Å². The van der Waals surface area contributed by atoms with Gasteiger partial charge in [0.05, 0.1) is 17.0 Å². The van der Waals surface area contributed by atoms with Crippen LogP contribution in [-0.4, -0.2) is 82.1 Å². The number of carbonyl (C=O) groups excluding carboxylic acids is 1. The summed E-state index contributed by atoms with van der Waals surface area (Å²) >= 11 is 6.60. The normalized spacial score (nSPS) is 18.6. The zero-order chi connectivity index (χ0) is 32.4. The summed E-state index contributed by atoms with van der Waals surface area (Å²) in [5.74, 6) is -0.127. The number of hydrogen-bond donors (Lipinski definition) is 0. The first kappa shape index (κ1) is 31.6. The van der Waals surface area contributed by atoms with E-state index in [-0.39, 0.29) is 34.7 Å². The Hall–Kier alpha value is -4.33. The molecule has 4 aromatic rings. The number of aromatic nitrogens is 3. The number of amides is 1. The van der Waals surface area contributed by atoms with Gasteiger partial charge in [-0.15, -0.1) is 0 Å². The van der Waals surface area contributed by atoms with Crippen LogP contribution in [0.4, 0.5) is 10.2 Å². The second-order valence-electron chi connectivity index (χ2n) is 12.1. The second-order valence-corrected chi connectivity index (χ2v) is 12.5. The Labute approximate surface area is 273 Å². The number of rotatable bonds is 7. The average Bonchev–Trinajstić information content (AvgIpc) is 3.80. The molecule has 1 unspecified atom stereocenters. The number of anilines is 1. The van der Waals surface area contributed by atoms with Crippen LogP contribution in [0.5, 0.6) is 6.01 Å². The largest absolute Gasteiger partial charge is 0.461 e. The van der Waals surface area contributed by atoms with E-state index in [0.29, 0.717) is 41.5 Å². The molecule has 238 valence electrons. The highest BCUT2D eigenvalue weighted by Crippen LogP contribution is 2.40. The highest BCUT2D eigenvalue weighted by atomic mass is 35.5. The maximum atomic E-state index is 16.6. The predicted octanol–water partition coefficient (Wildman–Crippen LogP) is 6.40. The minimum atomic E-state index is -0.553. The highest BCUT2D eigenvalue weighted by molar-refractivity contribution is 6.36. The Kier molecular flexibility index (Phi) is 9.07. The second kappa shape index (κ2) is 13.2. The predicted molar refractivity (Wildman–Crippen MR) is 178 cm³/mol. The molecule has 1 amide bonds. The van der Waals surface area contributed by atoms with E-state index in [2.05, 4.69) is 21.4 Å². The number of likely N-dealkylation sites (N-methyl/N-ethyl adjacent to an activating group) is 1. The third kappa shape index (κ3) is 5.74. The van der Waals surface area contributed by atoms with Crippen LogP contribution in [0.15, 0.2) is 55.3 Å². The topological polar surface area (TPSA) is 98.5 Å². The SMILES string of the molecule is C=CC(=O)N1CCC(N(C)c2nc(OCC34CCCN3CCC4)nc3c(F)c(-c4cccc5cccc(Cl)c45)ncc23)C1.CC#N. The number of ether oxygens (including phenoxy) is 1. The molecule has 7 rings (SSSR count). The zero-order valence-electron chi connectivity index (χ0n) is 26.2. The molecular formula is C35H37ClFN7O2. The minimum absolute atomic E-state index is 0.0109. The number of pyridine rings is 1. The van der Waals surface area contributed by atoms with E-state index < -0.39 is 5.82 Å². The fourth-order valence-corrected chi connectivity index (χ4v) is 7.54. The van der Waals surface area contributed by atoms with Crippen molar-refractivity contribution in [3.63, 3.8) is 0 Å². The monoisotopic (exact) mass is 641 g/mol. The summed E-state index contributed by atoms with van der Waals surface area (Å²) in [5.41, 5.74) is 0.900. The van der Waals surface area contributed by atoms with Gasteiger partial charge in [0.1, 0.15) is 23.6 Å². The van der Waals surface area contributed by atoms with Crippen LogP contribution in [0.1, 0.15) is 39.0 Å². The van der Waals surface area contributed by atoms with Crippen LogP contribution in [0, 0.1) is 17.1 Å². The molecule has 0 aliphatic carbocycles. The van der Waals surface area contributed by atoms with E-state index in [0.717, 1.165) is 56.0 Å². The molecule has 0 saturated carbocycles. The summed E-state index contributed by atoms with van der Waals surface area (Å²) in [5, 5.41) is 9.96. The van der Waals surface area contributed by atoms with Gasteiger partial charge in [-0.05, 0) is 62.7 Å². The number of benzene rings is 2. The van der Waals surface area contributed by atoms with Crippen LogP contribution < -0.4 is 9.64 Å². The number of likely N-dealkylation sites (tertiary alicyclic amines) is 1. The highest BCUT2D eigenvalue weighted by Gasteiger charge is 2.45. The Balaban J connectivity index is 0.00000119. The average molecular weight is 642 g/mol. The molecule has 0 bridgehead atoms. The fourth-order valence-electron chi connectivity index (χ4n) is 7.26. The number of nitrogens with zero attached hydrogens (tertiary/aromatic N) is 7. The number of halogens is 2. The molecule has 2 aromatic heterocycles. The van der Waals surface area contributed by atoms with Gasteiger partial charge in [-0.2, -0.15) is 15.2 Å². The van der Waals surface area contributed by atoms with E-state index in [9.17, 15) is 4.79 Å². The zero-order valence-corrected chi connectivity index (χ0v) is 26.9. The molecule has 0 radical (unpaired) electrons. The third-order valence-electron chi connectivity index (χ3n) is 9.57. The fraction of sp³-hybridized carbons (Fsp3) is 0.400. The van der Waals surface area contributed by atoms with Gasteiger partial charge in [0.15, 0.2) is 5.82 Å². The summed E-state index contributed by atoms with van der Waals surface area (Å²) < 4.78 is 23.0. The van der Waals surface area contributed by atoms with Gasteiger partial charge in [-0.3, -0.25) is 14.7 Å². The van der Waals surface area contributed by atoms with Crippen molar-refractivity contribution in [1.29, 1.82) is 5.26 Å². The van der Waals surface area contributed by atoms with Crippen molar-refractivity contribution in [3.8, 4) is 23.3 Å². The van der Waals surface area contributed by atoms with E-state index >= 15 is 4.39 Å². The van der Waals surface area contributed by atoms with E-state index in [1.165, 1.54) is 13.0 Å². The van der Waals surface area contributed by atoms with Crippen LogP contribution in [0.25, 0.3) is 32.9 Å². The summed E-state index contributed by atoms with van der Waals surface area (Å²) in [4.78, 5) is 32.7. The molecule has 9 nitrogen and oxygen atoms in total. The lowest BCUT2D eigenvalue weighted by Crippen LogP contribution is -2.43. The summed E-state index contributed by atoms with van der Waals surface area (Å²) in [6.45, 7) is 8.81. The molecule has 3 aliphatic heterocycles. The standard InChI is InChI=1S/C33H34ClFN6O2.C2H3N/c1-3-26(42)40-17-12-22(19-40)39(2)31-24-18-36-29(23-10-4-8-21-9-5-11-25(34)27(21)23)28(35)30(24)37-32(38-31)43-20-33-13-6-15-41(33)16-7-14-33;1-2-3/h3-5,8-11,18,22H,1,6-7,12-17,19-20H2,2H3;1H3. The van der Waals surface area contributed by atoms with E-state index in [4.69, 9.17) is 26.6 Å². The molecule has 3 saturated heterocycles. The Morgan fingerprint density at radius 3 is 2.65 bits per heavy atom. The molecule has 2 aromatic carbocycles. The molecule has 1 atom stereocenters. The number of carbonyl (C=O) groups is 1. The van der Waals surface area contributed by atoms with Crippen molar-refractivity contribution in [1.82, 2.24) is 24.8 Å².